The van der Waals surface area contributed by atoms with Crippen molar-refractivity contribution in [3.63, 3.8) is 0 Å². The molecule has 1 unspecified atom stereocenters. The number of benzodiazepines with no additional fused rings is 1. The Morgan fingerprint density at radius 2 is 1.62 bits per heavy atom. The Hall–Kier alpha value is -4.07. The smallest absolute Gasteiger partial charge is 0.317 e. The quantitative estimate of drug-likeness (QED) is 0.659. The Bertz CT molecular complexity index is 1190. The zero-order chi connectivity index (χ0) is 22.7. The molecule has 0 saturated carbocycles. The van der Waals surface area contributed by atoms with Gasteiger partial charge in [-0.2, -0.15) is 0 Å². The number of fused-ring (bicyclic) bond motifs is 1. The van der Waals surface area contributed by atoms with Crippen LogP contribution >= 0.6 is 0 Å². The minimum absolute atomic E-state index is 0.132. The number of rotatable bonds is 4. The van der Waals surface area contributed by atoms with Crippen molar-refractivity contribution < 1.29 is 18.4 Å². The number of urea groups is 1. The number of carbonyl (C=O) groups is 2. The lowest BCUT2D eigenvalue weighted by atomic mass is 10.00. The van der Waals surface area contributed by atoms with Gasteiger partial charge >= 0.3 is 6.03 Å². The second-order valence-corrected chi connectivity index (χ2v) is 7.23. The van der Waals surface area contributed by atoms with Gasteiger partial charge in [-0.25, -0.2) is 18.6 Å². The average molecular weight is 434 g/mol. The van der Waals surface area contributed by atoms with Gasteiger partial charge in [-0.05, 0) is 35.9 Å². The van der Waals surface area contributed by atoms with Crippen LogP contribution in [-0.2, 0) is 11.3 Å². The number of nitrogens with zero attached hydrogens (tertiary/aromatic N) is 2. The maximum absolute atomic E-state index is 14.6. The molecule has 3 amide bonds. The van der Waals surface area contributed by atoms with Crippen LogP contribution in [-0.4, -0.2) is 30.9 Å². The summed E-state index contributed by atoms with van der Waals surface area (Å²) in [5.74, 6) is -1.34. The molecule has 0 aliphatic carbocycles. The number of likely N-dealkylation sites (N-methyl/N-ethyl adjacent to an activating group) is 1. The molecule has 0 aromatic heterocycles. The average Bonchev–Trinajstić information content (AvgIpc) is 2.90. The lowest BCUT2D eigenvalue weighted by molar-refractivity contribution is -0.119. The third kappa shape index (κ3) is 4.34. The molecule has 8 heteroatoms. The Labute approximate surface area is 183 Å². The number of hydrogen-bond acceptors (Lipinski definition) is 3. The molecule has 2 N–H and O–H groups in total. The highest BCUT2D eigenvalue weighted by Crippen LogP contribution is 2.27. The fourth-order valence-electron chi connectivity index (χ4n) is 3.44. The van der Waals surface area contributed by atoms with Crippen molar-refractivity contribution in [3.05, 3.63) is 101 Å². The van der Waals surface area contributed by atoms with Gasteiger partial charge in [0.05, 0.1) is 11.4 Å². The molecule has 4 rings (SSSR count). The molecule has 0 bridgehead atoms. The Kier molecular flexibility index (Phi) is 5.93. The first-order chi connectivity index (χ1) is 15.4. The molecular formula is C24H20F2N4O2. The molecule has 1 heterocycles. The summed E-state index contributed by atoms with van der Waals surface area (Å²) in [4.78, 5) is 31.4. The summed E-state index contributed by atoms with van der Waals surface area (Å²) < 4.78 is 27.7. The number of anilines is 1. The molecular weight excluding hydrogens is 414 g/mol. The van der Waals surface area contributed by atoms with Crippen LogP contribution in [0.3, 0.4) is 0 Å². The second kappa shape index (κ2) is 8.97. The minimum atomic E-state index is -1.27. The van der Waals surface area contributed by atoms with Gasteiger partial charge in [-0.1, -0.05) is 42.5 Å². The van der Waals surface area contributed by atoms with Crippen LogP contribution in [0.1, 0.15) is 16.7 Å². The molecule has 0 spiro atoms. The predicted molar refractivity (Wildman–Crippen MR) is 117 cm³/mol. The SMILES string of the molecule is CN1C(=O)C(NC(=O)NCc2ccc(F)cc2)N=C(c2ccccc2F)c2ccccc21. The summed E-state index contributed by atoms with van der Waals surface area (Å²) in [7, 11) is 1.58. The maximum Gasteiger partial charge on any atom is 0.317 e. The highest BCUT2D eigenvalue weighted by atomic mass is 19.1. The van der Waals surface area contributed by atoms with E-state index in [9.17, 15) is 18.4 Å². The lowest BCUT2D eigenvalue weighted by Gasteiger charge is -2.21. The monoisotopic (exact) mass is 434 g/mol. The molecule has 162 valence electrons. The summed E-state index contributed by atoms with van der Waals surface area (Å²) >= 11 is 0. The van der Waals surface area contributed by atoms with Gasteiger partial charge in [0.2, 0.25) is 6.17 Å². The van der Waals surface area contributed by atoms with E-state index >= 15 is 0 Å². The van der Waals surface area contributed by atoms with Crippen LogP contribution in [0.4, 0.5) is 19.3 Å². The predicted octanol–water partition coefficient (Wildman–Crippen LogP) is 3.60. The number of para-hydroxylation sites is 1. The van der Waals surface area contributed by atoms with Gasteiger partial charge in [0.25, 0.3) is 5.91 Å². The Morgan fingerprint density at radius 1 is 0.969 bits per heavy atom. The number of nitrogens with one attached hydrogen (secondary N) is 2. The fourth-order valence-corrected chi connectivity index (χ4v) is 3.44. The number of carbonyl (C=O) groups excluding carboxylic acids is 2. The summed E-state index contributed by atoms with van der Waals surface area (Å²) in [6, 6.07) is 18.2. The summed E-state index contributed by atoms with van der Waals surface area (Å²) in [5, 5.41) is 5.17. The summed E-state index contributed by atoms with van der Waals surface area (Å²) in [6.07, 6.45) is -1.27. The van der Waals surface area contributed by atoms with Gasteiger partial charge in [-0.15, -0.1) is 0 Å². The topological polar surface area (TPSA) is 73.8 Å². The van der Waals surface area contributed by atoms with E-state index in [-0.39, 0.29) is 23.6 Å². The second-order valence-electron chi connectivity index (χ2n) is 7.23. The van der Waals surface area contributed by atoms with Crippen LogP contribution < -0.4 is 15.5 Å². The van der Waals surface area contributed by atoms with Crippen molar-refractivity contribution in [1.82, 2.24) is 10.6 Å². The summed E-state index contributed by atoms with van der Waals surface area (Å²) in [5.41, 5.74) is 2.30. The van der Waals surface area contributed by atoms with E-state index in [4.69, 9.17) is 0 Å². The Morgan fingerprint density at radius 3 is 2.34 bits per heavy atom. The normalized spacial score (nSPS) is 15.5. The molecule has 0 saturated heterocycles. The molecule has 0 fully saturated rings. The number of amides is 3. The molecule has 6 nitrogen and oxygen atoms in total. The van der Waals surface area contributed by atoms with Gasteiger partial charge in [-0.3, -0.25) is 4.79 Å². The Balaban J connectivity index is 1.63. The minimum Gasteiger partial charge on any atom is -0.334 e. The highest BCUT2D eigenvalue weighted by Gasteiger charge is 2.31. The van der Waals surface area contributed by atoms with Crippen molar-refractivity contribution in [2.45, 2.75) is 12.7 Å². The van der Waals surface area contributed by atoms with Crippen molar-refractivity contribution >= 4 is 23.3 Å². The standard InChI is InChI=1S/C24H20F2N4O2/c1-30-20-9-5-3-7-18(20)21(17-6-2-4-8-19(17)26)28-22(23(30)31)29-24(32)27-14-15-10-12-16(25)13-11-15/h2-13,22H,14H2,1H3,(H2,27,29,32). The summed E-state index contributed by atoms with van der Waals surface area (Å²) in [6.45, 7) is 0.132. The molecule has 1 atom stereocenters. The highest BCUT2D eigenvalue weighted by molar-refractivity contribution is 6.20. The van der Waals surface area contributed by atoms with E-state index in [0.29, 0.717) is 16.8 Å². The first-order valence-electron chi connectivity index (χ1n) is 9.92. The first-order valence-corrected chi connectivity index (χ1v) is 9.92. The molecule has 0 radical (unpaired) electrons. The largest absolute Gasteiger partial charge is 0.334 e. The molecule has 3 aromatic carbocycles. The van der Waals surface area contributed by atoms with Gasteiger partial charge in [0.1, 0.15) is 11.6 Å². The van der Waals surface area contributed by atoms with Crippen LogP contribution in [0, 0.1) is 11.6 Å². The number of halogens is 2. The number of hydrogen-bond donors (Lipinski definition) is 2. The molecule has 32 heavy (non-hydrogen) atoms. The van der Waals surface area contributed by atoms with Gasteiger partial charge in [0, 0.05) is 24.7 Å². The van der Waals surface area contributed by atoms with E-state index in [0.717, 1.165) is 0 Å². The van der Waals surface area contributed by atoms with E-state index in [1.807, 2.05) is 0 Å². The van der Waals surface area contributed by atoms with Crippen LogP contribution in [0.25, 0.3) is 0 Å². The zero-order valence-corrected chi connectivity index (χ0v) is 17.2. The lowest BCUT2D eigenvalue weighted by Crippen LogP contribution is -2.49. The number of benzene rings is 3. The van der Waals surface area contributed by atoms with E-state index in [2.05, 4.69) is 15.6 Å². The van der Waals surface area contributed by atoms with Crippen LogP contribution in [0.5, 0.6) is 0 Å². The van der Waals surface area contributed by atoms with E-state index in [1.165, 1.54) is 23.1 Å². The molecule has 3 aromatic rings. The fraction of sp³-hybridized carbons (Fsp3) is 0.125. The molecule has 1 aliphatic heterocycles. The van der Waals surface area contributed by atoms with Crippen molar-refractivity contribution in [1.29, 1.82) is 0 Å². The molecule has 1 aliphatic rings. The van der Waals surface area contributed by atoms with Crippen LogP contribution in [0.15, 0.2) is 77.8 Å². The van der Waals surface area contributed by atoms with Crippen LogP contribution in [0.2, 0.25) is 0 Å². The van der Waals surface area contributed by atoms with Gasteiger partial charge < -0.3 is 15.5 Å². The maximum atomic E-state index is 14.6. The van der Waals surface area contributed by atoms with Crippen molar-refractivity contribution in [3.8, 4) is 0 Å². The number of aliphatic imine (C=N–C) groups is 1. The first kappa shape index (κ1) is 21.2. The zero-order valence-electron chi connectivity index (χ0n) is 17.2. The van der Waals surface area contributed by atoms with E-state index in [1.54, 1.807) is 61.6 Å². The van der Waals surface area contributed by atoms with Crippen molar-refractivity contribution in [2.75, 3.05) is 11.9 Å². The third-order valence-corrected chi connectivity index (χ3v) is 5.11. The third-order valence-electron chi connectivity index (χ3n) is 5.11. The van der Waals surface area contributed by atoms with Crippen molar-refractivity contribution in [2.24, 2.45) is 4.99 Å². The van der Waals surface area contributed by atoms with Gasteiger partial charge in [0.15, 0.2) is 0 Å². The van der Waals surface area contributed by atoms with E-state index < -0.39 is 23.9 Å².